The van der Waals surface area contributed by atoms with Crippen molar-refractivity contribution in [3.05, 3.63) is 11.9 Å². The van der Waals surface area contributed by atoms with Gasteiger partial charge in [-0.1, -0.05) is 13.8 Å². The minimum Gasteiger partial charge on any atom is -0.380 e. The van der Waals surface area contributed by atoms with Gasteiger partial charge in [-0.2, -0.15) is 0 Å². The van der Waals surface area contributed by atoms with Gasteiger partial charge in [-0.25, -0.2) is 9.97 Å². The molecule has 5 heteroatoms. The van der Waals surface area contributed by atoms with Crippen LogP contribution in [0.2, 0.25) is 0 Å². The number of aryl methyl sites for hydroxylation is 1. The fourth-order valence-corrected chi connectivity index (χ4v) is 1.84. The summed E-state index contributed by atoms with van der Waals surface area (Å²) >= 11 is 0. The van der Waals surface area contributed by atoms with Crippen molar-refractivity contribution < 1.29 is 4.74 Å². The Morgan fingerprint density at radius 3 is 2.55 bits per heavy atom. The Morgan fingerprint density at radius 2 is 1.90 bits per heavy atom. The van der Waals surface area contributed by atoms with Crippen LogP contribution in [-0.2, 0) is 11.2 Å². The summed E-state index contributed by atoms with van der Waals surface area (Å²) in [5.74, 6) is 2.66. The van der Waals surface area contributed by atoms with Crippen molar-refractivity contribution in [1.82, 2.24) is 9.97 Å². The molecule has 1 aromatic rings. The van der Waals surface area contributed by atoms with Crippen molar-refractivity contribution in [1.29, 1.82) is 0 Å². The third-order valence-electron chi connectivity index (χ3n) is 2.77. The van der Waals surface area contributed by atoms with Crippen molar-refractivity contribution in [2.75, 3.05) is 30.4 Å². The van der Waals surface area contributed by atoms with E-state index in [0.717, 1.165) is 49.9 Å². The average Bonchev–Trinajstić information content (AvgIpc) is 2.43. The van der Waals surface area contributed by atoms with Gasteiger partial charge in [-0.15, -0.1) is 0 Å². The van der Waals surface area contributed by atoms with E-state index in [9.17, 15) is 0 Å². The van der Waals surface area contributed by atoms with Gasteiger partial charge in [-0.3, -0.25) is 0 Å². The van der Waals surface area contributed by atoms with Gasteiger partial charge in [0.2, 0.25) is 0 Å². The zero-order chi connectivity index (χ0) is 14.8. The van der Waals surface area contributed by atoms with Gasteiger partial charge >= 0.3 is 0 Å². The van der Waals surface area contributed by atoms with E-state index in [1.807, 2.05) is 13.0 Å². The number of rotatable bonds is 10. The molecular weight excluding hydrogens is 252 g/mol. The van der Waals surface area contributed by atoms with Gasteiger partial charge in [0.1, 0.15) is 17.5 Å². The smallest absolute Gasteiger partial charge is 0.133 e. The van der Waals surface area contributed by atoms with Crippen LogP contribution in [0.4, 0.5) is 11.6 Å². The maximum absolute atomic E-state index is 5.42. The van der Waals surface area contributed by atoms with E-state index < -0.39 is 0 Å². The molecule has 5 nitrogen and oxygen atoms in total. The lowest BCUT2D eigenvalue weighted by molar-refractivity contribution is 0.141. The molecule has 1 heterocycles. The molecule has 114 valence electrons. The molecule has 0 spiro atoms. The zero-order valence-corrected chi connectivity index (χ0v) is 13.2. The summed E-state index contributed by atoms with van der Waals surface area (Å²) in [6.45, 7) is 10.7. The number of ether oxygens (including phenoxy) is 1. The number of nitrogens with zero attached hydrogens (tertiary/aromatic N) is 2. The van der Waals surface area contributed by atoms with Gasteiger partial charge in [0.15, 0.2) is 0 Å². The number of anilines is 2. The number of hydrogen-bond donors (Lipinski definition) is 2. The third kappa shape index (κ3) is 6.19. The van der Waals surface area contributed by atoms with E-state index in [0.29, 0.717) is 6.61 Å². The van der Waals surface area contributed by atoms with Crippen LogP contribution in [0.15, 0.2) is 6.07 Å². The summed E-state index contributed by atoms with van der Waals surface area (Å²) in [7, 11) is 0. The first-order chi connectivity index (χ1) is 9.69. The Balaban J connectivity index is 2.73. The molecule has 0 aliphatic carbocycles. The Bertz CT molecular complexity index is 384. The minimum absolute atomic E-state index is 0.235. The van der Waals surface area contributed by atoms with Gasteiger partial charge in [0.25, 0.3) is 0 Å². The van der Waals surface area contributed by atoms with E-state index in [1.165, 1.54) is 0 Å². The second-order valence-corrected chi connectivity index (χ2v) is 4.94. The maximum atomic E-state index is 5.42. The number of nitrogens with one attached hydrogen (secondary N) is 2. The first-order valence-electron chi connectivity index (χ1n) is 7.65. The highest BCUT2D eigenvalue weighted by Gasteiger charge is 2.07. The van der Waals surface area contributed by atoms with E-state index >= 15 is 0 Å². The first kappa shape index (κ1) is 16.7. The lowest BCUT2D eigenvalue weighted by Crippen LogP contribution is -2.23. The lowest BCUT2D eigenvalue weighted by atomic mass is 10.3. The Hall–Kier alpha value is -1.36. The van der Waals surface area contributed by atoms with Crippen LogP contribution in [0, 0.1) is 0 Å². The van der Waals surface area contributed by atoms with E-state index in [1.54, 1.807) is 0 Å². The summed E-state index contributed by atoms with van der Waals surface area (Å²) in [6.07, 6.45) is 3.03. The second-order valence-electron chi connectivity index (χ2n) is 4.94. The lowest BCUT2D eigenvalue weighted by Gasteiger charge is -2.16. The molecule has 0 aromatic carbocycles. The molecule has 0 fully saturated rings. The highest BCUT2D eigenvalue weighted by molar-refractivity contribution is 5.48. The molecule has 2 N–H and O–H groups in total. The molecule has 1 rings (SSSR count). The van der Waals surface area contributed by atoms with Crippen molar-refractivity contribution in [2.24, 2.45) is 0 Å². The summed E-state index contributed by atoms with van der Waals surface area (Å²) < 4.78 is 5.42. The summed E-state index contributed by atoms with van der Waals surface area (Å²) in [4.78, 5) is 9.10. The van der Waals surface area contributed by atoms with E-state index in [-0.39, 0.29) is 6.04 Å². The van der Waals surface area contributed by atoms with Gasteiger partial charge in [-0.05, 0) is 26.7 Å². The topological polar surface area (TPSA) is 59.1 Å². The van der Waals surface area contributed by atoms with Crippen molar-refractivity contribution in [2.45, 2.75) is 53.0 Å². The Kier molecular flexibility index (Phi) is 7.95. The maximum Gasteiger partial charge on any atom is 0.133 e. The fourth-order valence-electron chi connectivity index (χ4n) is 1.84. The van der Waals surface area contributed by atoms with E-state index in [4.69, 9.17) is 4.74 Å². The van der Waals surface area contributed by atoms with Gasteiger partial charge in [0.05, 0.1) is 6.61 Å². The summed E-state index contributed by atoms with van der Waals surface area (Å²) in [5.41, 5.74) is 0. The predicted molar refractivity (Wildman–Crippen MR) is 84.4 cm³/mol. The fraction of sp³-hybridized carbons (Fsp3) is 0.733. The molecule has 0 amide bonds. The Morgan fingerprint density at radius 1 is 1.15 bits per heavy atom. The second kappa shape index (κ2) is 9.53. The Labute approximate surface area is 122 Å². The molecule has 1 aromatic heterocycles. The highest BCUT2D eigenvalue weighted by Crippen LogP contribution is 2.13. The zero-order valence-electron chi connectivity index (χ0n) is 13.2. The van der Waals surface area contributed by atoms with E-state index in [2.05, 4.69) is 41.4 Å². The quantitative estimate of drug-likeness (QED) is 0.689. The predicted octanol–water partition coefficient (Wildman–Crippen LogP) is 3.09. The van der Waals surface area contributed by atoms with Crippen molar-refractivity contribution in [3.63, 3.8) is 0 Å². The van der Waals surface area contributed by atoms with Crippen molar-refractivity contribution >= 4 is 11.6 Å². The number of aromatic nitrogens is 2. The van der Waals surface area contributed by atoms with Crippen LogP contribution < -0.4 is 10.6 Å². The molecule has 0 aliphatic heterocycles. The molecule has 0 saturated carbocycles. The molecule has 20 heavy (non-hydrogen) atoms. The van der Waals surface area contributed by atoms with Crippen LogP contribution >= 0.6 is 0 Å². The summed E-state index contributed by atoms with van der Waals surface area (Å²) in [6, 6.07) is 2.20. The largest absolute Gasteiger partial charge is 0.380 e. The molecule has 0 radical (unpaired) electrons. The molecule has 1 atom stereocenters. The summed E-state index contributed by atoms with van der Waals surface area (Å²) in [5, 5.41) is 6.70. The van der Waals surface area contributed by atoms with Gasteiger partial charge < -0.3 is 15.4 Å². The first-order valence-corrected chi connectivity index (χ1v) is 7.65. The van der Waals surface area contributed by atoms with Crippen LogP contribution in [0.5, 0.6) is 0 Å². The van der Waals surface area contributed by atoms with Crippen LogP contribution in [0.1, 0.15) is 46.4 Å². The SMILES string of the molecule is CCCNc1cc(NC(C)COCC)nc(CCC)n1. The molecule has 1 unspecified atom stereocenters. The van der Waals surface area contributed by atoms with Crippen LogP contribution in [0.25, 0.3) is 0 Å². The van der Waals surface area contributed by atoms with Gasteiger partial charge in [0, 0.05) is 31.7 Å². The average molecular weight is 280 g/mol. The van der Waals surface area contributed by atoms with Crippen LogP contribution in [0.3, 0.4) is 0 Å². The standard InChI is InChI=1S/C15H28N4O/c1-5-8-13-18-14(16-9-6-2)10-15(19-13)17-12(4)11-20-7-3/h10,12H,5-9,11H2,1-4H3,(H2,16,17,18,19). The number of hydrogen-bond acceptors (Lipinski definition) is 5. The minimum atomic E-state index is 0.235. The molecule has 0 saturated heterocycles. The normalized spacial score (nSPS) is 12.2. The molecule has 0 bridgehead atoms. The molecule has 0 aliphatic rings. The van der Waals surface area contributed by atoms with Crippen molar-refractivity contribution in [3.8, 4) is 0 Å². The molecular formula is C15H28N4O. The highest BCUT2D eigenvalue weighted by atomic mass is 16.5. The monoisotopic (exact) mass is 280 g/mol. The third-order valence-corrected chi connectivity index (χ3v) is 2.77. The van der Waals surface area contributed by atoms with Crippen LogP contribution in [-0.4, -0.2) is 35.8 Å².